The third-order valence-electron chi connectivity index (χ3n) is 3.66. The van der Waals surface area contributed by atoms with Crippen LogP contribution in [0.25, 0.3) is 0 Å². The zero-order valence-electron chi connectivity index (χ0n) is 11.7. The lowest BCUT2D eigenvalue weighted by molar-refractivity contribution is 0.0995. The molecule has 0 aromatic carbocycles. The summed E-state index contributed by atoms with van der Waals surface area (Å²) in [7, 11) is 0. The van der Waals surface area contributed by atoms with Gasteiger partial charge in [-0.1, -0.05) is 6.92 Å². The van der Waals surface area contributed by atoms with Gasteiger partial charge in [-0.15, -0.1) is 0 Å². The summed E-state index contributed by atoms with van der Waals surface area (Å²) in [6.45, 7) is 3.97. The zero-order chi connectivity index (χ0) is 13.5. The fourth-order valence-corrected chi connectivity index (χ4v) is 2.57. The molecule has 3 N–H and O–H groups in total. The summed E-state index contributed by atoms with van der Waals surface area (Å²) in [5.74, 6) is 6.66. The SMILES string of the molecule is CCCn1ncnc1CC(CCC1CCCO1)NN. The van der Waals surface area contributed by atoms with Gasteiger partial charge in [-0.3, -0.25) is 16.0 Å². The van der Waals surface area contributed by atoms with Crippen LogP contribution in [0.1, 0.15) is 44.9 Å². The lowest BCUT2D eigenvalue weighted by Crippen LogP contribution is -2.38. The van der Waals surface area contributed by atoms with Crippen molar-refractivity contribution in [3.63, 3.8) is 0 Å². The van der Waals surface area contributed by atoms with Crippen LogP contribution in [0.4, 0.5) is 0 Å². The highest BCUT2D eigenvalue weighted by atomic mass is 16.5. The maximum Gasteiger partial charge on any atom is 0.138 e. The lowest BCUT2D eigenvalue weighted by Gasteiger charge is -2.17. The molecule has 1 fully saturated rings. The van der Waals surface area contributed by atoms with Crippen LogP contribution in [-0.4, -0.2) is 33.5 Å². The van der Waals surface area contributed by atoms with Crippen molar-refractivity contribution < 1.29 is 4.74 Å². The van der Waals surface area contributed by atoms with Crippen LogP contribution in [0.3, 0.4) is 0 Å². The number of hydrogen-bond donors (Lipinski definition) is 2. The Morgan fingerprint density at radius 1 is 1.63 bits per heavy atom. The summed E-state index contributed by atoms with van der Waals surface area (Å²) >= 11 is 0. The summed E-state index contributed by atoms with van der Waals surface area (Å²) in [6, 6.07) is 0.240. The normalized spacial score (nSPS) is 20.8. The van der Waals surface area contributed by atoms with Gasteiger partial charge in [0.25, 0.3) is 0 Å². The smallest absolute Gasteiger partial charge is 0.138 e. The number of hydrogen-bond acceptors (Lipinski definition) is 5. The number of ether oxygens (including phenoxy) is 1. The molecule has 0 bridgehead atoms. The average molecular weight is 267 g/mol. The van der Waals surface area contributed by atoms with Crippen LogP contribution < -0.4 is 11.3 Å². The molecule has 6 heteroatoms. The number of aryl methyl sites for hydroxylation is 1. The van der Waals surface area contributed by atoms with Crippen molar-refractivity contribution in [3.8, 4) is 0 Å². The van der Waals surface area contributed by atoms with Gasteiger partial charge in [-0.05, 0) is 32.1 Å². The minimum atomic E-state index is 0.240. The largest absolute Gasteiger partial charge is 0.378 e. The van der Waals surface area contributed by atoms with Gasteiger partial charge < -0.3 is 4.74 Å². The lowest BCUT2D eigenvalue weighted by atomic mass is 10.0. The van der Waals surface area contributed by atoms with Crippen LogP contribution >= 0.6 is 0 Å². The number of nitrogens with one attached hydrogen (secondary N) is 1. The molecule has 1 aliphatic heterocycles. The van der Waals surface area contributed by atoms with Crippen molar-refractivity contribution in [1.29, 1.82) is 0 Å². The van der Waals surface area contributed by atoms with E-state index in [1.54, 1.807) is 6.33 Å². The molecule has 2 heterocycles. The Hall–Kier alpha value is -0.980. The predicted molar refractivity (Wildman–Crippen MR) is 73.3 cm³/mol. The van der Waals surface area contributed by atoms with Crippen molar-refractivity contribution in [1.82, 2.24) is 20.2 Å². The first-order chi connectivity index (χ1) is 9.33. The Balaban J connectivity index is 1.81. The molecule has 0 radical (unpaired) electrons. The third kappa shape index (κ3) is 4.26. The van der Waals surface area contributed by atoms with E-state index in [4.69, 9.17) is 10.6 Å². The van der Waals surface area contributed by atoms with Crippen LogP contribution in [0.15, 0.2) is 6.33 Å². The topological polar surface area (TPSA) is 78.0 Å². The molecule has 0 aliphatic carbocycles. The molecule has 19 heavy (non-hydrogen) atoms. The van der Waals surface area contributed by atoms with Crippen LogP contribution in [-0.2, 0) is 17.7 Å². The van der Waals surface area contributed by atoms with Crippen molar-refractivity contribution >= 4 is 0 Å². The van der Waals surface area contributed by atoms with E-state index in [9.17, 15) is 0 Å². The van der Waals surface area contributed by atoms with Gasteiger partial charge >= 0.3 is 0 Å². The Bertz CT molecular complexity index is 362. The third-order valence-corrected chi connectivity index (χ3v) is 3.66. The van der Waals surface area contributed by atoms with Gasteiger partial charge in [0.1, 0.15) is 12.2 Å². The molecule has 0 amide bonds. The first kappa shape index (κ1) is 14.4. The van der Waals surface area contributed by atoms with Gasteiger partial charge in [0.05, 0.1) is 6.10 Å². The van der Waals surface area contributed by atoms with Crippen molar-refractivity contribution in [2.45, 2.75) is 64.1 Å². The van der Waals surface area contributed by atoms with E-state index in [0.29, 0.717) is 6.10 Å². The first-order valence-corrected chi connectivity index (χ1v) is 7.28. The van der Waals surface area contributed by atoms with Crippen molar-refractivity contribution in [2.75, 3.05) is 6.61 Å². The van der Waals surface area contributed by atoms with E-state index < -0.39 is 0 Å². The summed E-state index contributed by atoms with van der Waals surface area (Å²) in [5.41, 5.74) is 2.90. The molecular formula is C13H25N5O. The number of aromatic nitrogens is 3. The van der Waals surface area contributed by atoms with Gasteiger partial charge in [0.2, 0.25) is 0 Å². The molecule has 1 aromatic heterocycles. The standard InChI is InChI=1S/C13H25N5O/c1-2-7-18-13(15-10-16-18)9-11(17-14)5-6-12-4-3-8-19-12/h10-12,17H,2-9,14H2,1H3. The van der Waals surface area contributed by atoms with Gasteiger partial charge in [0, 0.05) is 25.6 Å². The molecule has 0 spiro atoms. The number of rotatable bonds is 8. The number of nitrogens with zero attached hydrogens (tertiary/aromatic N) is 3. The highest BCUT2D eigenvalue weighted by Crippen LogP contribution is 2.18. The van der Waals surface area contributed by atoms with Crippen LogP contribution in [0.2, 0.25) is 0 Å². The Labute approximate surface area is 114 Å². The predicted octanol–water partition coefficient (Wildman–Crippen LogP) is 1.02. The number of hydrazine groups is 1. The molecular weight excluding hydrogens is 242 g/mol. The second-order valence-corrected chi connectivity index (χ2v) is 5.18. The van der Waals surface area contributed by atoms with Crippen LogP contribution in [0, 0.1) is 0 Å². The molecule has 6 nitrogen and oxygen atoms in total. The minimum Gasteiger partial charge on any atom is -0.378 e. The average Bonchev–Trinajstić information content (AvgIpc) is 3.07. The van der Waals surface area contributed by atoms with Gasteiger partial charge in [0.15, 0.2) is 0 Å². The second-order valence-electron chi connectivity index (χ2n) is 5.18. The van der Waals surface area contributed by atoms with Crippen molar-refractivity contribution in [2.24, 2.45) is 5.84 Å². The van der Waals surface area contributed by atoms with E-state index in [1.165, 1.54) is 12.8 Å². The molecule has 1 saturated heterocycles. The quantitative estimate of drug-likeness (QED) is 0.543. The van der Waals surface area contributed by atoms with E-state index in [1.807, 2.05) is 4.68 Å². The zero-order valence-corrected chi connectivity index (χ0v) is 11.7. The Kier molecular flexibility index (Phi) is 5.75. The maximum atomic E-state index is 5.65. The monoisotopic (exact) mass is 267 g/mol. The molecule has 1 aromatic rings. The summed E-state index contributed by atoms with van der Waals surface area (Å²) < 4.78 is 7.61. The van der Waals surface area contributed by atoms with E-state index in [-0.39, 0.29) is 6.04 Å². The van der Waals surface area contributed by atoms with Gasteiger partial charge in [-0.2, -0.15) is 5.10 Å². The molecule has 2 rings (SSSR count). The van der Waals surface area contributed by atoms with Crippen molar-refractivity contribution in [3.05, 3.63) is 12.2 Å². The maximum absolute atomic E-state index is 5.65. The summed E-state index contributed by atoms with van der Waals surface area (Å²) in [5, 5.41) is 4.24. The first-order valence-electron chi connectivity index (χ1n) is 7.28. The molecule has 0 saturated carbocycles. The van der Waals surface area contributed by atoms with E-state index in [0.717, 1.165) is 44.7 Å². The van der Waals surface area contributed by atoms with Crippen LogP contribution in [0.5, 0.6) is 0 Å². The highest BCUT2D eigenvalue weighted by molar-refractivity contribution is 4.89. The minimum absolute atomic E-state index is 0.240. The fourth-order valence-electron chi connectivity index (χ4n) is 2.57. The Morgan fingerprint density at radius 3 is 3.21 bits per heavy atom. The highest BCUT2D eigenvalue weighted by Gasteiger charge is 2.18. The molecule has 2 atom stereocenters. The van der Waals surface area contributed by atoms with Gasteiger partial charge in [-0.25, -0.2) is 4.98 Å². The molecule has 108 valence electrons. The summed E-state index contributed by atoms with van der Waals surface area (Å²) in [4.78, 5) is 4.33. The summed E-state index contributed by atoms with van der Waals surface area (Å²) in [6.07, 6.45) is 8.38. The Morgan fingerprint density at radius 2 is 2.53 bits per heavy atom. The number of nitrogens with two attached hydrogens (primary N) is 1. The molecule has 1 aliphatic rings. The second kappa shape index (κ2) is 7.57. The van der Waals surface area contributed by atoms with E-state index >= 15 is 0 Å². The fraction of sp³-hybridized carbons (Fsp3) is 0.846. The van der Waals surface area contributed by atoms with E-state index in [2.05, 4.69) is 22.4 Å². The molecule has 2 unspecified atom stereocenters.